The molecule has 0 bridgehead atoms. The summed E-state index contributed by atoms with van der Waals surface area (Å²) < 4.78 is 29.3. The summed E-state index contributed by atoms with van der Waals surface area (Å²) in [6.07, 6.45) is 1.52. The summed E-state index contributed by atoms with van der Waals surface area (Å²) in [6.45, 7) is 4.12. The molecule has 2 unspecified atom stereocenters. The van der Waals surface area contributed by atoms with Crippen LogP contribution in [0.4, 0.5) is 0 Å². The van der Waals surface area contributed by atoms with E-state index < -0.39 is 9.84 Å². The zero-order valence-electron chi connectivity index (χ0n) is 11.9. The van der Waals surface area contributed by atoms with E-state index in [1.165, 1.54) is 5.56 Å². The van der Waals surface area contributed by atoms with Gasteiger partial charge in [-0.05, 0) is 31.7 Å². The highest BCUT2D eigenvalue weighted by molar-refractivity contribution is 7.91. The number of nitrogens with two attached hydrogens (primary N) is 1. The smallest absolute Gasteiger partial charge is 0.150 e. The van der Waals surface area contributed by atoms with Crippen molar-refractivity contribution in [1.29, 1.82) is 0 Å². The zero-order chi connectivity index (χ0) is 14.5. The summed E-state index contributed by atoms with van der Waals surface area (Å²) in [5, 5.41) is 0. The molecule has 2 aliphatic rings. The van der Waals surface area contributed by atoms with Crippen LogP contribution in [-0.4, -0.2) is 25.5 Å². The molecule has 5 heteroatoms. The van der Waals surface area contributed by atoms with E-state index in [0.717, 1.165) is 17.7 Å². The number of para-hydroxylation sites is 1. The maximum absolute atomic E-state index is 11.6. The van der Waals surface area contributed by atoms with Crippen molar-refractivity contribution in [2.75, 3.05) is 11.5 Å². The molecule has 3 rings (SSSR count). The molecule has 1 saturated heterocycles. The first-order chi connectivity index (χ1) is 9.27. The van der Waals surface area contributed by atoms with E-state index in [9.17, 15) is 8.42 Å². The number of hydrogen-bond donors (Lipinski definition) is 1. The molecule has 2 aliphatic heterocycles. The number of rotatable bonds is 2. The second-order valence-corrected chi connectivity index (χ2v) is 8.79. The lowest BCUT2D eigenvalue weighted by atomic mass is 9.91. The summed E-state index contributed by atoms with van der Waals surface area (Å²) in [5.74, 6) is 1.32. The Morgan fingerprint density at radius 2 is 2.15 bits per heavy atom. The first kappa shape index (κ1) is 13.9. The molecular weight excluding hydrogens is 274 g/mol. The summed E-state index contributed by atoms with van der Waals surface area (Å²) in [4.78, 5) is 0. The Labute approximate surface area is 120 Å². The van der Waals surface area contributed by atoms with E-state index in [4.69, 9.17) is 10.5 Å². The van der Waals surface area contributed by atoms with Crippen LogP contribution in [0, 0.1) is 5.92 Å². The molecule has 0 radical (unpaired) electrons. The molecule has 0 aliphatic carbocycles. The van der Waals surface area contributed by atoms with Gasteiger partial charge in [0.25, 0.3) is 0 Å². The number of ether oxygens (including phenoxy) is 1. The van der Waals surface area contributed by atoms with Gasteiger partial charge in [-0.25, -0.2) is 8.42 Å². The lowest BCUT2D eigenvalue weighted by Crippen LogP contribution is -2.26. The molecule has 1 aromatic rings. The highest BCUT2D eigenvalue weighted by Gasteiger charge is 2.37. The van der Waals surface area contributed by atoms with Crippen molar-refractivity contribution in [1.82, 2.24) is 0 Å². The van der Waals surface area contributed by atoms with Crippen LogP contribution in [0.25, 0.3) is 0 Å². The van der Waals surface area contributed by atoms with E-state index in [1.807, 2.05) is 12.1 Å². The average Bonchev–Trinajstić information content (AvgIpc) is 2.85. The van der Waals surface area contributed by atoms with Crippen molar-refractivity contribution in [2.45, 2.75) is 38.3 Å². The second kappa shape index (κ2) is 4.46. The van der Waals surface area contributed by atoms with Gasteiger partial charge in [0.2, 0.25) is 0 Å². The number of hydrogen-bond acceptors (Lipinski definition) is 4. The van der Waals surface area contributed by atoms with Crippen molar-refractivity contribution in [3.05, 3.63) is 29.3 Å². The van der Waals surface area contributed by atoms with Gasteiger partial charge < -0.3 is 10.5 Å². The molecule has 2 atom stereocenters. The lowest BCUT2D eigenvalue weighted by Gasteiger charge is -2.23. The summed E-state index contributed by atoms with van der Waals surface area (Å²) in [7, 11) is -2.91. The maximum atomic E-state index is 11.6. The minimum Gasteiger partial charge on any atom is -0.487 e. The lowest BCUT2D eigenvalue weighted by molar-refractivity contribution is 0.136. The van der Waals surface area contributed by atoms with E-state index >= 15 is 0 Å². The fraction of sp³-hybridized carbons (Fsp3) is 0.600. The van der Waals surface area contributed by atoms with Crippen LogP contribution in [0.2, 0.25) is 0 Å². The molecule has 20 heavy (non-hydrogen) atoms. The molecular formula is C15H21NO3S. The first-order valence-electron chi connectivity index (χ1n) is 7.04. The van der Waals surface area contributed by atoms with E-state index in [-0.39, 0.29) is 29.1 Å². The second-order valence-electron chi connectivity index (χ2n) is 6.56. The summed E-state index contributed by atoms with van der Waals surface area (Å²) >= 11 is 0. The molecule has 0 aromatic heterocycles. The van der Waals surface area contributed by atoms with E-state index in [1.54, 1.807) is 0 Å². The van der Waals surface area contributed by atoms with Gasteiger partial charge in [-0.1, -0.05) is 18.2 Å². The molecule has 110 valence electrons. The average molecular weight is 295 g/mol. The minimum absolute atomic E-state index is 0.00110. The molecule has 1 fully saturated rings. The predicted molar refractivity (Wildman–Crippen MR) is 78.5 cm³/mol. The normalized spacial score (nSPS) is 27.9. The Hall–Kier alpha value is -1.07. The monoisotopic (exact) mass is 295 g/mol. The molecule has 0 saturated carbocycles. The van der Waals surface area contributed by atoms with Crippen LogP contribution < -0.4 is 10.5 Å². The quantitative estimate of drug-likeness (QED) is 0.904. The van der Waals surface area contributed by atoms with Crippen molar-refractivity contribution in [3.8, 4) is 5.75 Å². The maximum Gasteiger partial charge on any atom is 0.150 e. The number of fused-ring (bicyclic) bond motifs is 1. The fourth-order valence-corrected chi connectivity index (χ4v) is 5.12. The van der Waals surface area contributed by atoms with Gasteiger partial charge in [0.05, 0.1) is 11.5 Å². The molecule has 0 spiro atoms. The summed E-state index contributed by atoms with van der Waals surface area (Å²) in [6, 6.07) is 5.75. The van der Waals surface area contributed by atoms with Crippen molar-refractivity contribution < 1.29 is 13.2 Å². The SMILES string of the molecule is CC1(C)Cc2cccc(C(N)C3CCS(=O)(=O)C3)c2O1. The standard InChI is InChI=1S/C15H21NO3S/c1-15(2)8-10-4-3-5-12(14(10)19-15)13(16)11-6-7-20(17,18)9-11/h3-5,11,13H,6-9,16H2,1-2H3. The van der Waals surface area contributed by atoms with Crippen LogP contribution in [0.15, 0.2) is 18.2 Å². The molecule has 2 heterocycles. The molecule has 0 amide bonds. The third kappa shape index (κ3) is 2.44. The van der Waals surface area contributed by atoms with Crippen LogP contribution >= 0.6 is 0 Å². The largest absolute Gasteiger partial charge is 0.487 e. The molecule has 2 N–H and O–H groups in total. The van der Waals surface area contributed by atoms with Gasteiger partial charge in [-0.15, -0.1) is 0 Å². The predicted octanol–water partition coefficient (Wildman–Crippen LogP) is 1.83. The zero-order valence-corrected chi connectivity index (χ0v) is 12.7. The fourth-order valence-electron chi connectivity index (χ4n) is 3.26. The van der Waals surface area contributed by atoms with Crippen molar-refractivity contribution in [3.63, 3.8) is 0 Å². The third-order valence-electron chi connectivity index (χ3n) is 4.26. The van der Waals surface area contributed by atoms with Gasteiger partial charge in [0, 0.05) is 18.0 Å². The highest BCUT2D eigenvalue weighted by Crippen LogP contribution is 2.42. The van der Waals surface area contributed by atoms with Crippen LogP contribution in [-0.2, 0) is 16.3 Å². The van der Waals surface area contributed by atoms with Gasteiger partial charge in [0.15, 0.2) is 9.84 Å². The Bertz CT molecular complexity index is 637. The Kier molecular flexibility index (Phi) is 3.10. The van der Waals surface area contributed by atoms with Crippen molar-refractivity contribution >= 4 is 9.84 Å². The van der Waals surface area contributed by atoms with Crippen LogP contribution in [0.3, 0.4) is 0 Å². The molecule has 4 nitrogen and oxygen atoms in total. The van der Waals surface area contributed by atoms with Crippen molar-refractivity contribution in [2.24, 2.45) is 11.7 Å². The Morgan fingerprint density at radius 3 is 2.80 bits per heavy atom. The van der Waals surface area contributed by atoms with Gasteiger partial charge >= 0.3 is 0 Å². The van der Waals surface area contributed by atoms with Gasteiger partial charge in [0.1, 0.15) is 11.4 Å². The first-order valence-corrected chi connectivity index (χ1v) is 8.86. The highest BCUT2D eigenvalue weighted by atomic mass is 32.2. The minimum atomic E-state index is -2.91. The Morgan fingerprint density at radius 1 is 1.40 bits per heavy atom. The van der Waals surface area contributed by atoms with Crippen LogP contribution in [0.1, 0.15) is 37.4 Å². The van der Waals surface area contributed by atoms with E-state index in [2.05, 4.69) is 19.9 Å². The third-order valence-corrected chi connectivity index (χ3v) is 6.05. The van der Waals surface area contributed by atoms with E-state index in [0.29, 0.717) is 6.42 Å². The van der Waals surface area contributed by atoms with Gasteiger partial charge in [-0.3, -0.25) is 0 Å². The summed E-state index contributed by atoms with van der Waals surface area (Å²) in [5.41, 5.74) is 8.25. The van der Waals surface area contributed by atoms with Crippen LogP contribution in [0.5, 0.6) is 5.75 Å². The van der Waals surface area contributed by atoms with Gasteiger partial charge in [-0.2, -0.15) is 0 Å². The molecule has 1 aromatic carbocycles. The number of benzene rings is 1. The number of sulfone groups is 1. The Balaban J connectivity index is 1.91. The topological polar surface area (TPSA) is 69.4 Å².